The molecule has 0 saturated heterocycles. The van der Waals surface area contributed by atoms with Crippen molar-refractivity contribution in [1.29, 1.82) is 0 Å². The van der Waals surface area contributed by atoms with Crippen molar-refractivity contribution in [2.24, 2.45) is 0 Å². The van der Waals surface area contributed by atoms with Gasteiger partial charge in [0.25, 0.3) is 0 Å². The number of methoxy groups -OCH3 is 2. The summed E-state index contributed by atoms with van der Waals surface area (Å²) in [6.07, 6.45) is 0. The molecule has 0 amide bonds. The van der Waals surface area contributed by atoms with E-state index < -0.39 is 0 Å². The van der Waals surface area contributed by atoms with Gasteiger partial charge in [-0.15, -0.1) is 0 Å². The zero-order valence-electron chi connectivity index (χ0n) is 14.1. The monoisotopic (exact) mass is 401 g/mol. The fraction of sp³-hybridized carbons (Fsp3) is 0.211. The smallest absolute Gasteiger partial charge is 0.231 e. The fourth-order valence-corrected chi connectivity index (χ4v) is 3.50. The average molecular weight is 402 g/mol. The summed E-state index contributed by atoms with van der Waals surface area (Å²) in [4.78, 5) is 4.84. The van der Waals surface area contributed by atoms with Crippen LogP contribution in [0.1, 0.15) is 5.56 Å². The van der Waals surface area contributed by atoms with Crippen LogP contribution in [0.15, 0.2) is 34.8 Å². The van der Waals surface area contributed by atoms with Gasteiger partial charge in [-0.25, -0.2) is 4.98 Å². The molecule has 0 atom stereocenters. The van der Waals surface area contributed by atoms with Crippen molar-refractivity contribution in [2.45, 2.75) is 6.92 Å². The zero-order chi connectivity index (χ0) is 17.6. The minimum atomic E-state index is 0.244. The summed E-state index contributed by atoms with van der Waals surface area (Å²) < 4.78 is 22.6. The molecule has 0 bridgehead atoms. The lowest BCUT2D eigenvalue weighted by molar-refractivity contribution is 0.174. The Bertz CT molecular complexity index is 987. The number of aromatic nitrogens is 1. The van der Waals surface area contributed by atoms with E-state index in [1.165, 1.54) is 0 Å². The molecule has 0 fully saturated rings. The first-order valence-electron chi connectivity index (χ1n) is 7.74. The van der Waals surface area contributed by atoms with E-state index in [1.54, 1.807) is 14.2 Å². The predicted octanol–water partition coefficient (Wildman–Crippen LogP) is 4.72. The van der Waals surface area contributed by atoms with E-state index in [4.69, 9.17) is 23.9 Å². The third-order valence-electron chi connectivity index (χ3n) is 4.32. The molecule has 4 rings (SSSR count). The lowest BCUT2D eigenvalue weighted by Gasteiger charge is -2.13. The van der Waals surface area contributed by atoms with E-state index >= 15 is 0 Å². The van der Waals surface area contributed by atoms with Gasteiger partial charge < -0.3 is 18.9 Å². The van der Waals surface area contributed by atoms with Crippen molar-refractivity contribution >= 4 is 26.8 Å². The maximum atomic E-state index is 5.48. The molecule has 1 aliphatic rings. The van der Waals surface area contributed by atoms with Gasteiger partial charge in [0, 0.05) is 21.5 Å². The van der Waals surface area contributed by atoms with Crippen molar-refractivity contribution < 1.29 is 18.9 Å². The Morgan fingerprint density at radius 3 is 2.44 bits per heavy atom. The number of hydrogen-bond acceptors (Lipinski definition) is 5. The highest BCUT2D eigenvalue weighted by Gasteiger charge is 2.19. The lowest BCUT2D eigenvalue weighted by Crippen LogP contribution is -1.95. The third-order valence-corrected chi connectivity index (χ3v) is 5.29. The van der Waals surface area contributed by atoms with Gasteiger partial charge in [-0.2, -0.15) is 0 Å². The molecule has 2 heterocycles. The molecule has 0 radical (unpaired) electrons. The molecular weight excluding hydrogens is 386 g/mol. The van der Waals surface area contributed by atoms with E-state index in [2.05, 4.69) is 22.9 Å². The average Bonchev–Trinajstić information content (AvgIpc) is 3.10. The molecule has 6 heteroatoms. The Morgan fingerprint density at radius 2 is 1.72 bits per heavy atom. The van der Waals surface area contributed by atoms with Gasteiger partial charge in [-0.3, -0.25) is 0 Å². The van der Waals surface area contributed by atoms with Crippen LogP contribution in [-0.4, -0.2) is 26.0 Å². The van der Waals surface area contributed by atoms with Crippen molar-refractivity contribution in [3.05, 3.63) is 40.4 Å². The van der Waals surface area contributed by atoms with Crippen LogP contribution in [0.2, 0.25) is 0 Å². The lowest BCUT2D eigenvalue weighted by atomic mass is 10.0. The minimum absolute atomic E-state index is 0.244. The SMILES string of the molecule is COc1ccc(-c2nc3cc4c(cc3c(C)c2Br)OCO4)cc1OC. The molecule has 2 aromatic carbocycles. The van der Waals surface area contributed by atoms with Crippen LogP contribution < -0.4 is 18.9 Å². The van der Waals surface area contributed by atoms with E-state index in [-0.39, 0.29) is 6.79 Å². The van der Waals surface area contributed by atoms with E-state index in [0.717, 1.165) is 43.7 Å². The zero-order valence-corrected chi connectivity index (χ0v) is 15.6. The summed E-state index contributed by atoms with van der Waals surface area (Å²) in [6, 6.07) is 9.66. The molecule has 0 spiro atoms. The number of halogens is 1. The van der Waals surface area contributed by atoms with Crippen LogP contribution in [0.3, 0.4) is 0 Å². The first-order chi connectivity index (χ1) is 12.1. The number of aryl methyl sites for hydroxylation is 1. The Kier molecular flexibility index (Phi) is 3.92. The third kappa shape index (κ3) is 2.57. The largest absolute Gasteiger partial charge is 0.493 e. The Hall–Kier alpha value is -2.47. The van der Waals surface area contributed by atoms with Crippen molar-refractivity contribution in [3.63, 3.8) is 0 Å². The molecule has 3 aromatic rings. The second-order valence-electron chi connectivity index (χ2n) is 5.69. The first kappa shape index (κ1) is 16.0. The van der Waals surface area contributed by atoms with Gasteiger partial charge in [0.15, 0.2) is 23.0 Å². The standard InChI is InChI=1S/C19H16BrNO4/c1-10-12-7-16-17(25-9-24-16)8-13(12)21-19(18(10)20)11-4-5-14(22-2)15(6-11)23-3/h4-8H,9H2,1-3H3. The number of pyridine rings is 1. The van der Waals surface area contributed by atoms with Crippen LogP contribution in [0.4, 0.5) is 0 Å². The maximum Gasteiger partial charge on any atom is 0.231 e. The molecule has 0 aliphatic carbocycles. The summed E-state index contributed by atoms with van der Waals surface area (Å²) in [5, 5.41) is 1.03. The van der Waals surface area contributed by atoms with Crippen LogP contribution >= 0.6 is 15.9 Å². The molecule has 1 aliphatic heterocycles. The van der Waals surface area contributed by atoms with E-state index in [1.807, 2.05) is 30.3 Å². The van der Waals surface area contributed by atoms with Gasteiger partial charge in [-0.1, -0.05) is 0 Å². The Balaban J connectivity index is 1.93. The minimum Gasteiger partial charge on any atom is -0.493 e. The summed E-state index contributed by atoms with van der Waals surface area (Å²) >= 11 is 3.69. The normalized spacial score (nSPS) is 12.5. The maximum absolute atomic E-state index is 5.48. The fourth-order valence-electron chi connectivity index (χ4n) is 2.96. The van der Waals surface area contributed by atoms with Gasteiger partial charge in [0.1, 0.15) is 0 Å². The summed E-state index contributed by atoms with van der Waals surface area (Å²) in [5.74, 6) is 2.82. The van der Waals surface area contributed by atoms with Gasteiger partial charge in [0.05, 0.1) is 25.4 Å². The highest BCUT2D eigenvalue weighted by atomic mass is 79.9. The highest BCUT2D eigenvalue weighted by Crippen LogP contribution is 2.41. The highest BCUT2D eigenvalue weighted by molar-refractivity contribution is 9.10. The predicted molar refractivity (Wildman–Crippen MR) is 98.8 cm³/mol. The molecule has 0 unspecified atom stereocenters. The van der Waals surface area contributed by atoms with Gasteiger partial charge in [-0.05, 0) is 52.7 Å². The number of ether oxygens (including phenoxy) is 4. The molecular formula is C19H16BrNO4. The van der Waals surface area contributed by atoms with Crippen LogP contribution in [0, 0.1) is 6.92 Å². The molecule has 25 heavy (non-hydrogen) atoms. The summed E-state index contributed by atoms with van der Waals surface area (Å²) in [7, 11) is 3.24. The molecule has 128 valence electrons. The number of fused-ring (bicyclic) bond motifs is 2. The second-order valence-corrected chi connectivity index (χ2v) is 6.48. The van der Waals surface area contributed by atoms with Crippen molar-refractivity contribution in [3.8, 4) is 34.3 Å². The number of benzene rings is 2. The number of hydrogen-bond donors (Lipinski definition) is 0. The molecule has 0 N–H and O–H groups in total. The van der Waals surface area contributed by atoms with Crippen LogP contribution in [-0.2, 0) is 0 Å². The topological polar surface area (TPSA) is 49.8 Å². The number of nitrogens with zero attached hydrogens (tertiary/aromatic N) is 1. The summed E-state index contributed by atoms with van der Waals surface area (Å²) in [5.41, 5.74) is 3.72. The Morgan fingerprint density at radius 1 is 1.00 bits per heavy atom. The van der Waals surface area contributed by atoms with Gasteiger partial charge in [0.2, 0.25) is 6.79 Å². The quantitative estimate of drug-likeness (QED) is 0.635. The first-order valence-corrected chi connectivity index (χ1v) is 8.53. The van der Waals surface area contributed by atoms with Gasteiger partial charge >= 0.3 is 0 Å². The van der Waals surface area contributed by atoms with E-state index in [0.29, 0.717) is 11.5 Å². The summed E-state index contributed by atoms with van der Waals surface area (Å²) in [6.45, 7) is 2.30. The van der Waals surface area contributed by atoms with E-state index in [9.17, 15) is 0 Å². The molecule has 0 saturated carbocycles. The van der Waals surface area contributed by atoms with Crippen LogP contribution in [0.5, 0.6) is 23.0 Å². The van der Waals surface area contributed by atoms with Crippen LogP contribution in [0.25, 0.3) is 22.2 Å². The molecule has 1 aromatic heterocycles. The number of rotatable bonds is 3. The van der Waals surface area contributed by atoms with Crippen molar-refractivity contribution in [2.75, 3.05) is 21.0 Å². The molecule has 5 nitrogen and oxygen atoms in total. The van der Waals surface area contributed by atoms with Crippen molar-refractivity contribution in [1.82, 2.24) is 4.98 Å². The second kappa shape index (κ2) is 6.11. The Labute approximate surface area is 153 Å².